The first-order chi connectivity index (χ1) is 8.15. The van der Waals surface area contributed by atoms with Crippen LogP contribution < -0.4 is 17.2 Å². The lowest BCUT2D eigenvalue weighted by atomic mass is 10.1. The van der Waals surface area contributed by atoms with Crippen LogP contribution >= 0.6 is 0 Å². The van der Waals surface area contributed by atoms with Gasteiger partial charge in [-0.05, 0) is 36.4 Å². The number of hydrogen-bond acceptors (Lipinski definition) is 4. The van der Waals surface area contributed by atoms with Gasteiger partial charge in [0.15, 0.2) is 0 Å². The van der Waals surface area contributed by atoms with Gasteiger partial charge in [0.25, 0.3) is 0 Å². The highest BCUT2D eigenvalue weighted by atomic mass is 14.7. The topological polar surface area (TPSA) is 91.0 Å². The fourth-order valence-corrected chi connectivity index (χ4v) is 2.01. The first kappa shape index (κ1) is 9.72. The summed E-state index contributed by atoms with van der Waals surface area (Å²) in [5, 5.41) is 1.83. The van der Waals surface area contributed by atoms with Crippen molar-refractivity contribution in [3.63, 3.8) is 0 Å². The molecule has 4 nitrogen and oxygen atoms in total. The third kappa shape index (κ3) is 1.42. The van der Waals surface area contributed by atoms with Gasteiger partial charge in [-0.25, -0.2) is 4.98 Å². The molecule has 0 atom stereocenters. The SMILES string of the molecule is Nc1ccc2c(N)c3ccc(N)cc3nc2c1. The number of anilines is 3. The Bertz CT molecular complexity index is 674. The summed E-state index contributed by atoms with van der Waals surface area (Å²) in [7, 11) is 0. The molecule has 3 rings (SSSR count). The van der Waals surface area contributed by atoms with Gasteiger partial charge in [0.05, 0.1) is 16.7 Å². The monoisotopic (exact) mass is 224 g/mol. The quantitative estimate of drug-likeness (QED) is 0.403. The second kappa shape index (κ2) is 3.25. The zero-order valence-corrected chi connectivity index (χ0v) is 9.14. The smallest absolute Gasteiger partial charge is 0.0750 e. The van der Waals surface area contributed by atoms with E-state index in [0.717, 1.165) is 21.8 Å². The molecule has 0 aliphatic rings. The van der Waals surface area contributed by atoms with Crippen LogP contribution in [0, 0.1) is 0 Å². The number of hydrogen-bond donors (Lipinski definition) is 3. The Morgan fingerprint density at radius 1 is 0.706 bits per heavy atom. The molecule has 84 valence electrons. The van der Waals surface area contributed by atoms with Gasteiger partial charge < -0.3 is 17.2 Å². The Balaban J connectivity index is 2.52. The Morgan fingerprint density at radius 3 is 1.65 bits per heavy atom. The van der Waals surface area contributed by atoms with Crippen molar-refractivity contribution < 1.29 is 0 Å². The average Bonchev–Trinajstić information content (AvgIpc) is 2.28. The molecule has 2 aromatic carbocycles. The van der Waals surface area contributed by atoms with Crippen LogP contribution in [0.5, 0.6) is 0 Å². The van der Waals surface area contributed by atoms with Crippen molar-refractivity contribution in [1.82, 2.24) is 4.98 Å². The van der Waals surface area contributed by atoms with E-state index in [1.54, 1.807) is 0 Å². The molecule has 0 bridgehead atoms. The number of nitrogen functional groups attached to an aromatic ring is 3. The normalized spacial score (nSPS) is 11.1. The maximum absolute atomic E-state index is 6.13. The number of fused-ring (bicyclic) bond motifs is 2. The third-order valence-corrected chi connectivity index (χ3v) is 2.86. The number of benzene rings is 2. The predicted octanol–water partition coefficient (Wildman–Crippen LogP) is 2.13. The standard InChI is InChI=1S/C13H12N4/c14-7-1-3-9-11(5-7)17-12-6-8(15)2-4-10(12)13(9)16/h1-6H,14-15H2,(H2,16,17). The van der Waals surface area contributed by atoms with Crippen molar-refractivity contribution in [1.29, 1.82) is 0 Å². The van der Waals surface area contributed by atoms with E-state index in [0.29, 0.717) is 17.1 Å². The second-order valence-corrected chi connectivity index (χ2v) is 4.08. The minimum absolute atomic E-state index is 0.674. The van der Waals surface area contributed by atoms with E-state index in [1.807, 2.05) is 36.4 Å². The average molecular weight is 224 g/mol. The molecule has 0 fully saturated rings. The van der Waals surface area contributed by atoms with Crippen LogP contribution in [0.3, 0.4) is 0 Å². The summed E-state index contributed by atoms with van der Waals surface area (Å²) >= 11 is 0. The van der Waals surface area contributed by atoms with Crippen molar-refractivity contribution in [2.24, 2.45) is 0 Å². The molecule has 0 spiro atoms. The van der Waals surface area contributed by atoms with E-state index in [2.05, 4.69) is 4.98 Å². The lowest BCUT2D eigenvalue weighted by Crippen LogP contribution is -1.95. The molecule has 3 aromatic rings. The van der Waals surface area contributed by atoms with Crippen LogP contribution in [-0.4, -0.2) is 4.98 Å². The number of aromatic nitrogens is 1. The molecule has 1 heterocycles. The Kier molecular flexibility index (Phi) is 1.86. The lowest BCUT2D eigenvalue weighted by molar-refractivity contribution is 1.50. The van der Waals surface area contributed by atoms with E-state index in [4.69, 9.17) is 17.2 Å². The maximum Gasteiger partial charge on any atom is 0.0750 e. The minimum Gasteiger partial charge on any atom is -0.399 e. The number of pyridine rings is 1. The van der Waals surface area contributed by atoms with Gasteiger partial charge in [0, 0.05) is 22.1 Å². The van der Waals surface area contributed by atoms with E-state index in [-0.39, 0.29) is 0 Å². The van der Waals surface area contributed by atoms with E-state index in [1.165, 1.54) is 0 Å². The van der Waals surface area contributed by atoms with Crippen molar-refractivity contribution in [2.75, 3.05) is 17.2 Å². The van der Waals surface area contributed by atoms with Gasteiger partial charge in [-0.1, -0.05) is 0 Å². The van der Waals surface area contributed by atoms with Crippen LogP contribution in [-0.2, 0) is 0 Å². The molecule has 0 saturated carbocycles. The van der Waals surface area contributed by atoms with Crippen LogP contribution in [0.25, 0.3) is 21.8 Å². The van der Waals surface area contributed by atoms with Gasteiger partial charge in [-0.2, -0.15) is 0 Å². The van der Waals surface area contributed by atoms with Crippen molar-refractivity contribution in [2.45, 2.75) is 0 Å². The third-order valence-electron chi connectivity index (χ3n) is 2.86. The van der Waals surface area contributed by atoms with Gasteiger partial charge in [0.1, 0.15) is 0 Å². The van der Waals surface area contributed by atoms with Gasteiger partial charge >= 0.3 is 0 Å². The highest BCUT2D eigenvalue weighted by Gasteiger charge is 2.06. The molecule has 0 aliphatic heterocycles. The second-order valence-electron chi connectivity index (χ2n) is 4.08. The molecule has 17 heavy (non-hydrogen) atoms. The summed E-state index contributed by atoms with van der Waals surface area (Å²) in [6, 6.07) is 11.1. The van der Waals surface area contributed by atoms with Gasteiger partial charge in [0.2, 0.25) is 0 Å². The number of rotatable bonds is 0. The number of nitrogens with zero attached hydrogens (tertiary/aromatic N) is 1. The van der Waals surface area contributed by atoms with Crippen molar-refractivity contribution in [3.8, 4) is 0 Å². The fraction of sp³-hybridized carbons (Fsp3) is 0. The van der Waals surface area contributed by atoms with E-state index < -0.39 is 0 Å². The highest BCUT2D eigenvalue weighted by molar-refractivity contribution is 6.07. The van der Waals surface area contributed by atoms with Crippen LogP contribution in [0.1, 0.15) is 0 Å². The fourth-order valence-electron chi connectivity index (χ4n) is 2.01. The van der Waals surface area contributed by atoms with Gasteiger partial charge in [-0.3, -0.25) is 0 Å². The molecule has 0 radical (unpaired) electrons. The summed E-state index contributed by atoms with van der Waals surface area (Å²) < 4.78 is 0. The molecule has 1 aromatic heterocycles. The zero-order chi connectivity index (χ0) is 12.0. The predicted molar refractivity (Wildman–Crippen MR) is 72.5 cm³/mol. The number of nitrogens with two attached hydrogens (primary N) is 3. The summed E-state index contributed by atoms with van der Waals surface area (Å²) in [6.07, 6.45) is 0. The summed E-state index contributed by atoms with van der Waals surface area (Å²) in [6.45, 7) is 0. The van der Waals surface area contributed by atoms with Crippen LogP contribution in [0.2, 0.25) is 0 Å². The zero-order valence-electron chi connectivity index (χ0n) is 9.14. The molecular weight excluding hydrogens is 212 g/mol. The Labute approximate surface area is 98.0 Å². The minimum atomic E-state index is 0.674. The van der Waals surface area contributed by atoms with Crippen LogP contribution in [0.15, 0.2) is 36.4 Å². The van der Waals surface area contributed by atoms with Crippen LogP contribution in [0.4, 0.5) is 17.1 Å². The highest BCUT2D eigenvalue weighted by Crippen LogP contribution is 2.30. The molecule has 0 unspecified atom stereocenters. The molecule has 6 N–H and O–H groups in total. The summed E-state index contributed by atoms with van der Waals surface area (Å²) in [4.78, 5) is 4.52. The first-order valence-electron chi connectivity index (χ1n) is 5.29. The summed E-state index contributed by atoms with van der Waals surface area (Å²) in [5.41, 5.74) is 21.3. The van der Waals surface area contributed by atoms with Crippen molar-refractivity contribution in [3.05, 3.63) is 36.4 Å². The van der Waals surface area contributed by atoms with Crippen molar-refractivity contribution >= 4 is 38.9 Å². The molecule has 0 amide bonds. The molecule has 0 saturated heterocycles. The van der Waals surface area contributed by atoms with E-state index >= 15 is 0 Å². The first-order valence-corrected chi connectivity index (χ1v) is 5.29. The largest absolute Gasteiger partial charge is 0.399 e. The molecule has 4 heteroatoms. The molecule has 0 aliphatic carbocycles. The van der Waals surface area contributed by atoms with Gasteiger partial charge in [-0.15, -0.1) is 0 Å². The maximum atomic E-state index is 6.13. The summed E-state index contributed by atoms with van der Waals surface area (Å²) in [5.74, 6) is 0. The van der Waals surface area contributed by atoms with E-state index in [9.17, 15) is 0 Å². The lowest BCUT2D eigenvalue weighted by Gasteiger charge is -2.07. The molecular formula is C13H12N4. The Hall–Kier alpha value is -2.49. The Morgan fingerprint density at radius 2 is 1.18 bits per heavy atom.